The molecule has 252 valence electrons. The average Bonchev–Trinajstić information content (AvgIpc) is 3.71. The summed E-state index contributed by atoms with van der Waals surface area (Å²) >= 11 is 2.52. The minimum absolute atomic E-state index is 0.168. The normalized spacial score (nSPS) is 16.9. The van der Waals surface area contributed by atoms with Gasteiger partial charge in [0, 0.05) is 30.7 Å². The van der Waals surface area contributed by atoms with Crippen LogP contribution >= 0.6 is 22.7 Å². The van der Waals surface area contributed by atoms with Crippen molar-refractivity contribution in [3.8, 4) is 20.9 Å². The molecular formula is C39H42F6S2. The Balaban J connectivity index is 1.90. The highest BCUT2D eigenvalue weighted by atomic mass is 32.1. The van der Waals surface area contributed by atoms with Crippen LogP contribution in [0.3, 0.4) is 0 Å². The molecule has 2 aromatic carbocycles. The molecule has 0 fully saturated rings. The van der Waals surface area contributed by atoms with Crippen LogP contribution in [0.2, 0.25) is 0 Å². The van der Waals surface area contributed by atoms with Crippen LogP contribution in [0.1, 0.15) is 112 Å². The third-order valence-electron chi connectivity index (χ3n) is 9.13. The lowest BCUT2D eigenvalue weighted by Crippen LogP contribution is -2.49. The summed E-state index contributed by atoms with van der Waals surface area (Å²) in [6, 6.07) is 21.1. The molecule has 1 aliphatic carbocycles. The van der Waals surface area contributed by atoms with Crippen LogP contribution in [0.25, 0.3) is 32.0 Å². The molecular weight excluding hydrogens is 647 g/mol. The van der Waals surface area contributed by atoms with Crippen LogP contribution < -0.4 is 0 Å². The van der Waals surface area contributed by atoms with Crippen LogP contribution in [-0.4, -0.2) is 17.8 Å². The van der Waals surface area contributed by atoms with Crippen molar-refractivity contribution in [3.05, 3.63) is 93.7 Å². The molecule has 5 rings (SSSR count). The molecule has 0 unspecified atom stereocenters. The highest BCUT2D eigenvalue weighted by Crippen LogP contribution is 2.67. The predicted octanol–water partition coefficient (Wildman–Crippen LogP) is 14.3. The number of hydrogen-bond donors (Lipinski definition) is 0. The maximum Gasteiger partial charge on any atom is 0.380 e. The maximum absolute atomic E-state index is 16.4. The van der Waals surface area contributed by atoms with E-state index in [0.717, 1.165) is 36.8 Å². The van der Waals surface area contributed by atoms with E-state index >= 15 is 26.3 Å². The van der Waals surface area contributed by atoms with Gasteiger partial charge in [0.15, 0.2) is 0 Å². The lowest BCUT2D eigenvalue weighted by molar-refractivity contribution is -0.254. The predicted molar refractivity (Wildman–Crippen MR) is 186 cm³/mol. The van der Waals surface area contributed by atoms with Crippen molar-refractivity contribution in [2.45, 2.75) is 109 Å². The Labute approximate surface area is 282 Å². The zero-order valence-corrected chi connectivity index (χ0v) is 29.0. The molecule has 1 aliphatic rings. The Morgan fingerprint density at radius 2 is 0.830 bits per heavy atom. The van der Waals surface area contributed by atoms with Crippen LogP contribution in [0.15, 0.2) is 72.8 Å². The Morgan fingerprint density at radius 3 is 1.13 bits per heavy atom. The summed E-state index contributed by atoms with van der Waals surface area (Å²) in [7, 11) is 0. The second kappa shape index (κ2) is 14.3. The number of halogens is 6. The summed E-state index contributed by atoms with van der Waals surface area (Å²) in [5.41, 5.74) is -1.32. The second-order valence-corrected chi connectivity index (χ2v) is 14.7. The first-order chi connectivity index (χ1) is 22.4. The largest absolute Gasteiger partial charge is 0.380 e. The molecule has 0 aliphatic heterocycles. The molecule has 2 heterocycles. The van der Waals surface area contributed by atoms with Gasteiger partial charge in [-0.3, -0.25) is 0 Å². The lowest BCUT2D eigenvalue weighted by atomic mass is 9.86. The van der Waals surface area contributed by atoms with Gasteiger partial charge >= 0.3 is 17.8 Å². The van der Waals surface area contributed by atoms with Gasteiger partial charge in [-0.1, -0.05) is 114 Å². The van der Waals surface area contributed by atoms with Gasteiger partial charge in [-0.15, -0.1) is 22.7 Å². The molecule has 0 amide bonds. The minimum Gasteiger partial charge on any atom is -0.194 e. The third-order valence-corrected chi connectivity index (χ3v) is 11.8. The molecule has 0 N–H and O–H groups in total. The van der Waals surface area contributed by atoms with Gasteiger partial charge < -0.3 is 0 Å². The van der Waals surface area contributed by atoms with Crippen LogP contribution in [0.4, 0.5) is 26.3 Å². The van der Waals surface area contributed by atoms with Crippen molar-refractivity contribution in [1.82, 2.24) is 0 Å². The van der Waals surface area contributed by atoms with Crippen molar-refractivity contribution in [2.75, 3.05) is 0 Å². The zero-order chi connectivity index (χ0) is 34.0. The average molecular weight is 689 g/mol. The number of alkyl halides is 6. The number of rotatable bonds is 14. The van der Waals surface area contributed by atoms with Gasteiger partial charge in [-0.2, -0.15) is 26.3 Å². The Bertz CT molecular complexity index is 1530. The molecule has 2 aromatic heterocycles. The van der Waals surface area contributed by atoms with E-state index in [4.69, 9.17) is 0 Å². The summed E-state index contributed by atoms with van der Waals surface area (Å²) in [5.74, 6) is -16.3. The molecule has 8 heteroatoms. The highest BCUT2D eigenvalue weighted by molar-refractivity contribution is 7.16. The van der Waals surface area contributed by atoms with E-state index in [2.05, 4.69) is 0 Å². The van der Waals surface area contributed by atoms with Crippen LogP contribution in [-0.2, 0) is 0 Å². The highest BCUT2D eigenvalue weighted by Gasteiger charge is 2.80. The molecule has 0 radical (unpaired) electrons. The van der Waals surface area contributed by atoms with Crippen LogP contribution in [0.5, 0.6) is 0 Å². The second-order valence-electron chi connectivity index (χ2n) is 12.5. The molecule has 0 atom stereocenters. The van der Waals surface area contributed by atoms with Gasteiger partial charge in [0.05, 0.1) is 0 Å². The van der Waals surface area contributed by atoms with Gasteiger partial charge in [-0.05, 0) is 71.9 Å². The monoisotopic (exact) mass is 688 g/mol. The fraction of sp³-hybridized carbons (Fsp3) is 0.436. The molecule has 0 bridgehead atoms. The van der Waals surface area contributed by atoms with Crippen molar-refractivity contribution >= 4 is 33.8 Å². The topological polar surface area (TPSA) is 0 Å². The Hall–Kier alpha value is -2.84. The van der Waals surface area contributed by atoms with Gasteiger partial charge in [0.2, 0.25) is 0 Å². The fourth-order valence-corrected chi connectivity index (χ4v) is 9.62. The van der Waals surface area contributed by atoms with Gasteiger partial charge in [0.25, 0.3) is 0 Å². The van der Waals surface area contributed by atoms with E-state index in [1.165, 1.54) is 34.8 Å². The maximum atomic E-state index is 16.4. The van der Waals surface area contributed by atoms with E-state index in [0.29, 0.717) is 45.2 Å². The molecule has 0 saturated carbocycles. The zero-order valence-electron chi connectivity index (χ0n) is 27.3. The Morgan fingerprint density at radius 1 is 0.511 bits per heavy atom. The molecule has 0 spiro atoms. The van der Waals surface area contributed by atoms with E-state index in [9.17, 15) is 0 Å². The van der Waals surface area contributed by atoms with Crippen molar-refractivity contribution in [1.29, 1.82) is 0 Å². The number of thiophene rings is 2. The SMILES string of the molecule is CCCC(CCC)c1sc(-c2ccccc2)cc1C1=C(c2cc(-c3ccccc3)sc2C(CCC)CCC)C(F)(F)C(F)(F)C1(F)F. The summed E-state index contributed by atoms with van der Waals surface area (Å²) in [6.07, 6.45) is 5.48. The lowest BCUT2D eigenvalue weighted by Gasteiger charge is -2.26. The molecule has 0 saturated heterocycles. The van der Waals surface area contributed by atoms with Crippen molar-refractivity contribution in [2.24, 2.45) is 0 Å². The van der Waals surface area contributed by atoms with Gasteiger partial charge in [0.1, 0.15) is 0 Å². The van der Waals surface area contributed by atoms with E-state index in [1.54, 1.807) is 0 Å². The third kappa shape index (κ3) is 6.37. The first-order valence-electron chi connectivity index (χ1n) is 16.7. The van der Waals surface area contributed by atoms with Gasteiger partial charge in [-0.25, -0.2) is 0 Å². The molecule has 0 nitrogen and oxygen atoms in total. The van der Waals surface area contributed by atoms with E-state index < -0.39 is 28.9 Å². The first kappa shape index (κ1) is 35.5. The van der Waals surface area contributed by atoms with Crippen LogP contribution in [0, 0.1) is 0 Å². The Kier molecular flexibility index (Phi) is 10.8. The minimum atomic E-state index is -5.61. The summed E-state index contributed by atoms with van der Waals surface area (Å²) in [4.78, 5) is 2.15. The van der Waals surface area contributed by atoms with Crippen molar-refractivity contribution < 1.29 is 26.3 Å². The summed E-state index contributed by atoms with van der Waals surface area (Å²) < 4.78 is 97.1. The van der Waals surface area contributed by atoms with E-state index in [1.807, 2.05) is 88.4 Å². The molecule has 47 heavy (non-hydrogen) atoms. The smallest absolute Gasteiger partial charge is 0.194 e. The standard InChI is InChI=1S/C39H42F6S2/c1-5-15-27(16-6-2)35-29(23-31(46-35)25-19-11-9-12-20-25)33-34(38(42,43)39(44,45)37(33,40)41)30-24-32(26-21-13-10-14-22-26)47-36(30)28(17-7-3)18-8-4/h9-14,19-24,27-28H,5-8,15-18H2,1-4H3. The summed E-state index contributed by atoms with van der Waals surface area (Å²) in [5, 5.41) is 0. The number of hydrogen-bond acceptors (Lipinski definition) is 2. The van der Waals surface area contributed by atoms with E-state index in [-0.39, 0.29) is 23.0 Å². The number of benzene rings is 2. The first-order valence-corrected chi connectivity index (χ1v) is 18.3. The summed E-state index contributed by atoms with van der Waals surface area (Å²) in [6.45, 7) is 7.93. The molecule has 4 aromatic rings. The fourth-order valence-electron chi connectivity index (χ4n) is 6.94. The van der Waals surface area contributed by atoms with Crippen molar-refractivity contribution in [3.63, 3.8) is 0 Å². The quantitative estimate of drug-likeness (QED) is 0.116. The number of allylic oxidation sites excluding steroid dienone is 2.